The molecule has 3 rings (SSSR count). The fourth-order valence-corrected chi connectivity index (χ4v) is 2.54. The Kier molecular flexibility index (Phi) is 3.09. The Morgan fingerprint density at radius 2 is 2.05 bits per heavy atom. The van der Waals surface area contributed by atoms with Crippen LogP contribution in [0, 0.1) is 0 Å². The Hall–Kier alpha value is -2.83. The second-order valence-electron chi connectivity index (χ2n) is 4.96. The molecule has 2 heterocycles. The number of amides is 4. The van der Waals surface area contributed by atoms with Crippen LogP contribution in [-0.2, 0) is 16.0 Å². The fourth-order valence-electron chi connectivity index (χ4n) is 2.54. The largest absolute Gasteiger partial charge is 0.368 e. The van der Waals surface area contributed by atoms with Crippen LogP contribution in [0.25, 0.3) is 10.9 Å². The summed E-state index contributed by atoms with van der Waals surface area (Å²) in [5.41, 5.74) is 6.94. The average Bonchev–Trinajstić information content (AvgIpc) is 2.96. The second-order valence-corrected chi connectivity index (χ2v) is 4.96. The summed E-state index contributed by atoms with van der Waals surface area (Å²) in [6.45, 7) is -0.394. The summed E-state index contributed by atoms with van der Waals surface area (Å²) < 4.78 is 0. The molecule has 4 N–H and O–H groups in total. The number of hydrogen-bond donors (Lipinski definition) is 3. The Morgan fingerprint density at radius 1 is 1.29 bits per heavy atom. The third kappa shape index (κ3) is 2.33. The molecule has 1 atom stereocenters. The minimum Gasteiger partial charge on any atom is -0.368 e. The summed E-state index contributed by atoms with van der Waals surface area (Å²) in [6.07, 6.45) is 2.19. The molecule has 0 spiro atoms. The first kappa shape index (κ1) is 13.2. The van der Waals surface area contributed by atoms with E-state index in [-0.39, 0.29) is 0 Å². The molecule has 0 unspecified atom stereocenters. The minimum absolute atomic E-state index is 0.365. The molecule has 0 saturated carbocycles. The van der Waals surface area contributed by atoms with Crippen molar-refractivity contribution in [1.29, 1.82) is 0 Å². The molecule has 0 aliphatic carbocycles. The van der Waals surface area contributed by atoms with Crippen LogP contribution in [0.3, 0.4) is 0 Å². The smallest absolute Gasteiger partial charge is 0.325 e. The highest BCUT2D eigenvalue weighted by Gasteiger charge is 2.38. The molecule has 1 aliphatic rings. The van der Waals surface area contributed by atoms with Crippen LogP contribution in [-0.4, -0.2) is 40.3 Å². The lowest BCUT2D eigenvalue weighted by Gasteiger charge is -2.10. The van der Waals surface area contributed by atoms with Crippen LogP contribution in [0.4, 0.5) is 4.79 Å². The van der Waals surface area contributed by atoms with Gasteiger partial charge in [-0.05, 0) is 11.6 Å². The van der Waals surface area contributed by atoms with Gasteiger partial charge in [0.25, 0.3) is 5.91 Å². The molecule has 1 fully saturated rings. The monoisotopic (exact) mass is 286 g/mol. The Balaban J connectivity index is 1.81. The SMILES string of the molecule is NC(=O)CN1C(=O)N[C@H](Cc2c[nH]c3ccccc23)C1=O. The number of hydrogen-bond acceptors (Lipinski definition) is 3. The first-order chi connectivity index (χ1) is 10.1. The van der Waals surface area contributed by atoms with Crippen molar-refractivity contribution in [3.05, 3.63) is 36.0 Å². The van der Waals surface area contributed by atoms with E-state index >= 15 is 0 Å². The normalized spacial score (nSPS) is 18.3. The summed E-state index contributed by atoms with van der Waals surface area (Å²) in [7, 11) is 0. The van der Waals surface area contributed by atoms with Crippen molar-refractivity contribution in [2.75, 3.05) is 6.54 Å². The lowest BCUT2D eigenvalue weighted by atomic mass is 10.1. The van der Waals surface area contributed by atoms with E-state index in [2.05, 4.69) is 10.3 Å². The summed E-state index contributed by atoms with van der Waals surface area (Å²) in [5, 5.41) is 3.59. The van der Waals surface area contributed by atoms with Crippen LogP contribution >= 0.6 is 0 Å². The quantitative estimate of drug-likeness (QED) is 0.694. The van der Waals surface area contributed by atoms with Crippen molar-refractivity contribution in [3.8, 4) is 0 Å². The Bertz CT molecular complexity index is 737. The molecule has 1 aliphatic heterocycles. The summed E-state index contributed by atoms with van der Waals surface area (Å²) >= 11 is 0. The maximum atomic E-state index is 12.1. The van der Waals surface area contributed by atoms with Gasteiger partial charge in [0.2, 0.25) is 5.91 Å². The molecule has 1 aromatic heterocycles. The molecule has 0 radical (unpaired) electrons. The van der Waals surface area contributed by atoms with Crippen LogP contribution in [0.1, 0.15) is 5.56 Å². The molecule has 1 aromatic carbocycles. The fraction of sp³-hybridized carbons (Fsp3) is 0.214. The van der Waals surface area contributed by atoms with Crippen LogP contribution < -0.4 is 11.1 Å². The number of nitrogens with one attached hydrogen (secondary N) is 2. The van der Waals surface area contributed by atoms with Gasteiger partial charge in [-0.2, -0.15) is 0 Å². The number of nitrogens with zero attached hydrogens (tertiary/aromatic N) is 1. The van der Waals surface area contributed by atoms with Crippen LogP contribution in [0.5, 0.6) is 0 Å². The summed E-state index contributed by atoms with van der Waals surface area (Å²) in [4.78, 5) is 38.7. The van der Waals surface area contributed by atoms with Crippen molar-refractivity contribution in [1.82, 2.24) is 15.2 Å². The molecular formula is C14H14N4O3. The lowest BCUT2D eigenvalue weighted by molar-refractivity contribution is -0.131. The number of aromatic amines is 1. The topological polar surface area (TPSA) is 108 Å². The third-order valence-corrected chi connectivity index (χ3v) is 3.52. The molecule has 21 heavy (non-hydrogen) atoms. The number of rotatable bonds is 4. The van der Waals surface area contributed by atoms with Crippen molar-refractivity contribution in [2.24, 2.45) is 5.73 Å². The van der Waals surface area contributed by atoms with Gasteiger partial charge in [0, 0.05) is 23.5 Å². The maximum Gasteiger partial charge on any atom is 0.325 e. The molecule has 0 bridgehead atoms. The third-order valence-electron chi connectivity index (χ3n) is 3.52. The first-order valence-corrected chi connectivity index (χ1v) is 6.51. The first-order valence-electron chi connectivity index (χ1n) is 6.51. The number of benzene rings is 1. The molecular weight excluding hydrogens is 272 g/mol. The van der Waals surface area contributed by atoms with E-state index in [0.717, 1.165) is 21.4 Å². The highest BCUT2D eigenvalue weighted by Crippen LogP contribution is 2.20. The van der Waals surface area contributed by atoms with Gasteiger partial charge >= 0.3 is 6.03 Å². The van der Waals surface area contributed by atoms with Gasteiger partial charge in [-0.15, -0.1) is 0 Å². The number of primary amides is 1. The van der Waals surface area contributed by atoms with Crippen molar-refractivity contribution in [3.63, 3.8) is 0 Å². The zero-order valence-electron chi connectivity index (χ0n) is 11.1. The standard InChI is InChI=1S/C14H14N4O3/c15-12(19)7-18-13(20)11(17-14(18)21)5-8-6-16-10-4-2-1-3-9(8)10/h1-4,6,11,16H,5,7H2,(H2,15,19)(H,17,21)/t11-/m1/s1. The number of imide groups is 1. The van der Waals surface area contributed by atoms with Gasteiger partial charge in [0.15, 0.2) is 0 Å². The number of H-pyrrole nitrogens is 1. The number of fused-ring (bicyclic) bond motifs is 1. The summed E-state index contributed by atoms with van der Waals surface area (Å²) in [5.74, 6) is -1.14. The number of nitrogens with two attached hydrogens (primary N) is 1. The predicted octanol–water partition coefficient (Wildman–Crippen LogP) is 0.116. The number of urea groups is 1. The van der Waals surface area contributed by atoms with Crippen LogP contribution in [0.2, 0.25) is 0 Å². The number of carbonyl (C=O) groups is 3. The van der Waals surface area contributed by atoms with E-state index in [1.54, 1.807) is 0 Å². The average molecular weight is 286 g/mol. The van der Waals surface area contributed by atoms with E-state index in [9.17, 15) is 14.4 Å². The van der Waals surface area contributed by atoms with Crippen molar-refractivity contribution >= 4 is 28.7 Å². The van der Waals surface area contributed by atoms with E-state index in [0.29, 0.717) is 6.42 Å². The van der Waals surface area contributed by atoms with Gasteiger partial charge in [0.1, 0.15) is 12.6 Å². The molecule has 4 amide bonds. The van der Waals surface area contributed by atoms with E-state index in [1.165, 1.54) is 0 Å². The van der Waals surface area contributed by atoms with Crippen molar-refractivity contribution < 1.29 is 14.4 Å². The zero-order valence-corrected chi connectivity index (χ0v) is 11.1. The number of carbonyl (C=O) groups excluding carboxylic acids is 3. The van der Waals surface area contributed by atoms with Crippen LogP contribution in [0.15, 0.2) is 30.5 Å². The molecule has 7 nitrogen and oxygen atoms in total. The molecule has 1 saturated heterocycles. The number of aromatic nitrogens is 1. The highest BCUT2D eigenvalue weighted by atomic mass is 16.2. The van der Waals surface area contributed by atoms with Gasteiger partial charge in [0.05, 0.1) is 0 Å². The maximum absolute atomic E-state index is 12.1. The van der Waals surface area contributed by atoms with Gasteiger partial charge < -0.3 is 16.0 Å². The van der Waals surface area contributed by atoms with E-state index in [1.807, 2.05) is 30.5 Å². The predicted molar refractivity (Wildman–Crippen MR) is 75.2 cm³/mol. The zero-order chi connectivity index (χ0) is 15.0. The van der Waals surface area contributed by atoms with Gasteiger partial charge in [-0.3, -0.25) is 14.5 Å². The molecule has 7 heteroatoms. The van der Waals surface area contributed by atoms with E-state index in [4.69, 9.17) is 5.73 Å². The lowest BCUT2D eigenvalue weighted by Crippen LogP contribution is -2.39. The van der Waals surface area contributed by atoms with E-state index < -0.39 is 30.4 Å². The Labute approximate surface area is 120 Å². The van der Waals surface area contributed by atoms with Gasteiger partial charge in [-0.1, -0.05) is 18.2 Å². The number of para-hydroxylation sites is 1. The molecule has 108 valence electrons. The highest BCUT2D eigenvalue weighted by molar-refractivity contribution is 6.06. The van der Waals surface area contributed by atoms with Crippen molar-refractivity contribution in [2.45, 2.75) is 12.5 Å². The minimum atomic E-state index is -0.716. The Morgan fingerprint density at radius 3 is 2.81 bits per heavy atom. The molecule has 2 aromatic rings. The summed E-state index contributed by atoms with van der Waals surface area (Å²) in [6, 6.07) is 6.46. The second kappa shape index (κ2) is 4.93. The van der Waals surface area contributed by atoms with Gasteiger partial charge in [-0.25, -0.2) is 4.79 Å².